The lowest BCUT2D eigenvalue weighted by Gasteiger charge is -2.31. The molecule has 0 aromatic heterocycles. The van der Waals surface area contributed by atoms with E-state index in [1.807, 2.05) is 12.2 Å². The molecule has 92 valence electrons. The van der Waals surface area contributed by atoms with Gasteiger partial charge in [-0.15, -0.1) is 13.2 Å². The highest BCUT2D eigenvalue weighted by molar-refractivity contribution is 5.22. The Bertz CT molecular complexity index is 342. The summed E-state index contributed by atoms with van der Waals surface area (Å²) in [5, 5.41) is 0. The lowest BCUT2D eigenvalue weighted by molar-refractivity contribution is 0.247. The maximum Gasteiger partial charge on any atom is 0.0160 e. The van der Waals surface area contributed by atoms with Crippen LogP contribution in [0.2, 0.25) is 0 Å². The molecule has 0 radical (unpaired) electrons. The molecule has 0 saturated heterocycles. The van der Waals surface area contributed by atoms with E-state index < -0.39 is 0 Å². The Kier molecular flexibility index (Phi) is 5.71. The molecule has 1 aromatic carbocycles. The molecular weight excluding hydrogens is 206 g/mol. The second-order valence-electron chi connectivity index (χ2n) is 4.51. The summed E-state index contributed by atoms with van der Waals surface area (Å²) >= 11 is 0. The van der Waals surface area contributed by atoms with Crippen molar-refractivity contribution in [2.75, 3.05) is 13.6 Å². The summed E-state index contributed by atoms with van der Waals surface area (Å²) < 4.78 is 0. The predicted octanol–water partition coefficient (Wildman–Crippen LogP) is 3.85. The lowest BCUT2D eigenvalue weighted by atomic mass is 9.88. The first-order valence-electron chi connectivity index (χ1n) is 6.17. The van der Waals surface area contributed by atoms with Gasteiger partial charge in [-0.25, -0.2) is 0 Å². The van der Waals surface area contributed by atoms with E-state index in [9.17, 15) is 0 Å². The molecule has 1 rings (SSSR count). The number of allylic oxidation sites excluding steroid dienone is 1. The Balaban J connectivity index is 2.85. The molecule has 0 unspecified atom stereocenters. The van der Waals surface area contributed by atoms with Gasteiger partial charge in [0.25, 0.3) is 0 Å². The number of nitrogens with zero attached hydrogens (tertiary/aromatic N) is 1. The Morgan fingerprint density at radius 1 is 1.18 bits per heavy atom. The van der Waals surface area contributed by atoms with Crippen LogP contribution in [0.4, 0.5) is 0 Å². The number of hydrogen-bond acceptors (Lipinski definition) is 1. The van der Waals surface area contributed by atoms with E-state index in [2.05, 4.69) is 62.4 Å². The largest absolute Gasteiger partial charge is 0.299 e. The van der Waals surface area contributed by atoms with Crippen LogP contribution < -0.4 is 0 Å². The summed E-state index contributed by atoms with van der Waals surface area (Å²) in [5.74, 6) is 0.499. The van der Waals surface area contributed by atoms with Gasteiger partial charge in [-0.05, 0) is 26.0 Å². The van der Waals surface area contributed by atoms with Crippen LogP contribution in [0.3, 0.4) is 0 Å². The smallest absolute Gasteiger partial charge is 0.0160 e. The van der Waals surface area contributed by atoms with Crippen molar-refractivity contribution in [3.05, 3.63) is 61.2 Å². The van der Waals surface area contributed by atoms with Crippen LogP contribution in [0.5, 0.6) is 0 Å². The number of hydrogen-bond donors (Lipinski definition) is 0. The monoisotopic (exact) mass is 229 g/mol. The predicted molar refractivity (Wildman–Crippen MR) is 76.3 cm³/mol. The van der Waals surface area contributed by atoms with E-state index in [0.717, 1.165) is 13.0 Å². The fraction of sp³-hybridized carbons (Fsp3) is 0.375. The minimum atomic E-state index is 0.480. The Morgan fingerprint density at radius 2 is 1.82 bits per heavy atom. The van der Waals surface area contributed by atoms with E-state index in [0.29, 0.717) is 12.0 Å². The molecule has 0 spiro atoms. The summed E-state index contributed by atoms with van der Waals surface area (Å²) in [5.41, 5.74) is 1.39. The maximum atomic E-state index is 3.88. The van der Waals surface area contributed by atoms with Crippen LogP contribution in [0, 0.1) is 0 Å². The number of rotatable bonds is 7. The van der Waals surface area contributed by atoms with E-state index in [1.54, 1.807) is 0 Å². The van der Waals surface area contributed by atoms with Crippen LogP contribution in [0.15, 0.2) is 55.6 Å². The van der Waals surface area contributed by atoms with Gasteiger partial charge in [0.05, 0.1) is 0 Å². The Hall–Kier alpha value is -1.34. The van der Waals surface area contributed by atoms with Crippen molar-refractivity contribution < 1.29 is 0 Å². The van der Waals surface area contributed by atoms with Crippen molar-refractivity contribution in [1.82, 2.24) is 4.90 Å². The average Bonchev–Trinajstić information content (AvgIpc) is 2.36. The van der Waals surface area contributed by atoms with Gasteiger partial charge in [0.15, 0.2) is 0 Å². The van der Waals surface area contributed by atoms with Crippen molar-refractivity contribution in [2.45, 2.75) is 25.3 Å². The van der Waals surface area contributed by atoms with Gasteiger partial charge in [-0.2, -0.15) is 0 Å². The summed E-state index contributed by atoms with van der Waals surface area (Å²) in [6.45, 7) is 10.9. The van der Waals surface area contributed by atoms with Gasteiger partial charge in [-0.1, -0.05) is 42.5 Å². The molecule has 0 saturated carbocycles. The minimum absolute atomic E-state index is 0.480. The molecule has 0 amide bonds. The van der Waals surface area contributed by atoms with Crippen molar-refractivity contribution in [3.63, 3.8) is 0 Å². The van der Waals surface area contributed by atoms with Crippen molar-refractivity contribution >= 4 is 0 Å². The number of benzene rings is 1. The lowest BCUT2D eigenvalue weighted by Crippen LogP contribution is -2.34. The molecule has 0 aliphatic carbocycles. The second-order valence-corrected chi connectivity index (χ2v) is 4.51. The van der Waals surface area contributed by atoms with Gasteiger partial charge in [0, 0.05) is 18.5 Å². The topological polar surface area (TPSA) is 3.24 Å². The second kappa shape index (κ2) is 7.08. The van der Waals surface area contributed by atoms with Gasteiger partial charge in [-0.3, -0.25) is 4.90 Å². The first kappa shape index (κ1) is 13.7. The fourth-order valence-corrected chi connectivity index (χ4v) is 2.17. The fourth-order valence-electron chi connectivity index (χ4n) is 2.17. The van der Waals surface area contributed by atoms with Gasteiger partial charge in [0.2, 0.25) is 0 Å². The average molecular weight is 229 g/mol. The van der Waals surface area contributed by atoms with E-state index in [-0.39, 0.29) is 0 Å². The standard InChI is InChI=1S/C16H23N/c1-5-10-16(14(3)17(4)13-6-2)15-11-8-7-9-12-15/h5-9,11-12,14,16H,1-2,10,13H2,3-4H3/t14-,16-/m1/s1. The minimum Gasteiger partial charge on any atom is -0.299 e. The van der Waals surface area contributed by atoms with E-state index in [1.165, 1.54) is 5.56 Å². The van der Waals surface area contributed by atoms with Crippen molar-refractivity contribution in [2.24, 2.45) is 0 Å². The normalized spacial score (nSPS) is 14.3. The number of likely N-dealkylation sites (N-methyl/N-ethyl adjacent to an activating group) is 1. The molecule has 17 heavy (non-hydrogen) atoms. The van der Waals surface area contributed by atoms with Crippen LogP contribution in [-0.2, 0) is 0 Å². The molecule has 2 atom stereocenters. The highest BCUT2D eigenvalue weighted by Gasteiger charge is 2.20. The summed E-state index contributed by atoms with van der Waals surface area (Å²) in [4.78, 5) is 2.33. The zero-order valence-corrected chi connectivity index (χ0v) is 11.0. The highest BCUT2D eigenvalue weighted by atomic mass is 15.1. The van der Waals surface area contributed by atoms with E-state index >= 15 is 0 Å². The Morgan fingerprint density at radius 3 is 2.35 bits per heavy atom. The van der Waals surface area contributed by atoms with Gasteiger partial charge >= 0.3 is 0 Å². The van der Waals surface area contributed by atoms with Gasteiger partial charge < -0.3 is 0 Å². The van der Waals surface area contributed by atoms with Gasteiger partial charge in [0.1, 0.15) is 0 Å². The van der Waals surface area contributed by atoms with Crippen LogP contribution >= 0.6 is 0 Å². The molecule has 1 aromatic rings. The Labute approximate surface area is 105 Å². The van der Waals surface area contributed by atoms with Crippen molar-refractivity contribution in [3.8, 4) is 0 Å². The van der Waals surface area contributed by atoms with Crippen LogP contribution in [0.25, 0.3) is 0 Å². The molecule has 0 aliphatic heterocycles. The first-order chi connectivity index (χ1) is 8.20. The zero-order chi connectivity index (χ0) is 12.7. The summed E-state index contributed by atoms with van der Waals surface area (Å²) in [6.07, 6.45) is 4.97. The molecule has 0 heterocycles. The third-order valence-corrected chi connectivity index (χ3v) is 3.34. The highest BCUT2D eigenvalue weighted by Crippen LogP contribution is 2.26. The molecule has 0 fully saturated rings. The molecule has 0 bridgehead atoms. The molecule has 0 aliphatic rings. The quantitative estimate of drug-likeness (QED) is 0.642. The third-order valence-electron chi connectivity index (χ3n) is 3.34. The van der Waals surface area contributed by atoms with Crippen LogP contribution in [0.1, 0.15) is 24.8 Å². The molecule has 0 N–H and O–H groups in total. The third kappa shape index (κ3) is 3.86. The molecule has 1 nitrogen and oxygen atoms in total. The van der Waals surface area contributed by atoms with E-state index in [4.69, 9.17) is 0 Å². The maximum absolute atomic E-state index is 3.88. The SMILES string of the molecule is C=CC[C@@H](c1ccccc1)[C@@H](C)N(C)CC=C. The summed E-state index contributed by atoms with van der Waals surface area (Å²) in [7, 11) is 2.14. The zero-order valence-electron chi connectivity index (χ0n) is 11.0. The van der Waals surface area contributed by atoms with Crippen LogP contribution in [-0.4, -0.2) is 24.5 Å². The summed E-state index contributed by atoms with van der Waals surface area (Å²) in [6, 6.07) is 11.1. The molecular formula is C16H23N. The first-order valence-corrected chi connectivity index (χ1v) is 6.17. The van der Waals surface area contributed by atoms with Crippen molar-refractivity contribution in [1.29, 1.82) is 0 Å². The molecule has 1 heteroatoms.